The highest BCUT2D eigenvalue weighted by Crippen LogP contribution is 2.43. The van der Waals surface area contributed by atoms with E-state index in [2.05, 4.69) is 31.3 Å². The molecule has 0 saturated heterocycles. The van der Waals surface area contributed by atoms with Gasteiger partial charge < -0.3 is 21.1 Å². The van der Waals surface area contributed by atoms with E-state index in [0.29, 0.717) is 6.42 Å². The number of aliphatic hydroxyl groups excluding tert-OH is 1. The van der Waals surface area contributed by atoms with Gasteiger partial charge in [-0.3, -0.25) is 13.8 Å². The summed E-state index contributed by atoms with van der Waals surface area (Å²) in [5.41, 5.74) is 5.33. The summed E-state index contributed by atoms with van der Waals surface area (Å²) in [4.78, 5) is 22.5. The number of carbonyl (C=O) groups excluding carboxylic acids is 1. The molecule has 5 N–H and O–H groups in total. The number of amides is 1. The molecule has 8 nitrogen and oxygen atoms in total. The van der Waals surface area contributed by atoms with Crippen molar-refractivity contribution in [1.82, 2.24) is 5.32 Å². The van der Waals surface area contributed by atoms with E-state index in [-0.39, 0.29) is 25.7 Å². The van der Waals surface area contributed by atoms with Crippen molar-refractivity contribution in [3.8, 4) is 0 Å². The van der Waals surface area contributed by atoms with Crippen LogP contribution in [0.4, 0.5) is 0 Å². The molecule has 0 aromatic rings. The van der Waals surface area contributed by atoms with Gasteiger partial charge in [0.25, 0.3) is 0 Å². The lowest BCUT2D eigenvalue weighted by Gasteiger charge is -2.23. The number of aliphatic hydroxyl groups is 1. The number of nitrogens with two attached hydrogens (primary N) is 1. The zero-order valence-corrected chi connectivity index (χ0v) is 28.6. The van der Waals surface area contributed by atoms with E-state index < -0.39 is 20.0 Å². The Balaban J connectivity index is 4.33. The fourth-order valence-corrected chi connectivity index (χ4v) is 5.59. The molecule has 3 atom stereocenters. The number of hydrogen-bond donors (Lipinski definition) is 4. The lowest BCUT2D eigenvalue weighted by Crippen LogP contribution is -2.45. The number of hydrogen-bond acceptors (Lipinski definition) is 6. The number of phosphoric ester groups is 1. The van der Waals surface area contributed by atoms with Crippen LogP contribution in [-0.2, 0) is 18.4 Å². The van der Waals surface area contributed by atoms with Crippen molar-refractivity contribution in [3.63, 3.8) is 0 Å². The van der Waals surface area contributed by atoms with Crippen LogP contribution in [0.15, 0.2) is 24.3 Å². The molecule has 0 fully saturated rings. The normalized spacial score (nSPS) is 14.8. The van der Waals surface area contributed by atoms with Crippen molar-refractivity contribution in [2.75, 3.05) is 19.8 Å². The molecule has 1 amide bonds. The summed E-state index contributed by atoms with van der Waals surface area (Å²) in [7, 11) is -4.32. The Hall–Kier alpha value is -1.02. The smallest absolute Gasteiger partial charge is 0.387 e. The first-order valence-corrected chi connectivity index (χ1v) is 19.0. The third kappa shape index (κ3) is 29.5. The molecule has 0 aliphatic carbocycles. The molecule has 0 aromatic heterocycles. The van der Waals surface area contributed by atoms with Crippen molar-refractivity contribution in [2.45, 2.75) is 167 Å². The van der Waals surface area contributed by atoms with E-state index in [1.54, 1.807) is 6.08 Å². The van der Waals surface area contributed by atoms with Gasteiger partial charge in [-0.1, -0.05) is 128 Å². The first-order chi connectivity index (χ1) is 20.9. The van der Waals surface area contributed by atoms with E-state index in [1.165, 1.54) is 83.5 Å². The second-order valence-electron chi connectivity index (χ2n) is 11.7. The van der Waals surface area contributed by atoms with E-state index >= 15 is 0 Å². The highest BCUT2D eigenvalue weighted by atomic mass is 31.2. The summed E-state index contributed by atoms with van der Waals surface area (Å²) in [5.74, 6) is -0.207. The molecule has 0 aromatic carbocycles. The Kier molecular flexibility index (Phi) is 30.2. The summed E-state index contributed by atoms with van der Waals surface area (Å²) in [5, 5.41) is 13.5. The Labute approximate surface area is 264 Å². The molecule has 0 heterocycles. The van der Waals surface area contributed by atoms with Gasteiger partial charge in [0, 0.05) is 13.0 Å². The van der Waals surface area contributed by atoms with Gasteiger partial charge in [0.2, 0.25) is 5.91 Å². The van der Waals surface area contributed by atoms with Crippen molar-refractivity contribution in [1.29, 1.82) is 0 Å². The van der Waals surface area contributed by atoms with Gasteiger partial charge >= 0.3 is 7.82 Å². The van der Waals surface area contributed by atoms with E-state index in [1.807, 2.05) is 6.08 Å². The second-order valence-corrected chi connectivity index (χ2v) is 13.2. The zero-order valence-electron chi connectivity index (χ0n) is 27.7. The molecular formula is C34H67N2O6P. The standard InChI is InChI=1S/C34H67N2O6P/c1-3-5-7-9-11-13-14-15-16-17-18-20-22-24-26-28-34(38)36-32(31-42-43(39,40)41-30-29-35)33(37)27-25-23-21-19-12-10-8-6-4-2/h15-16,25,27,32-33,37H,3-14,17-24,26,28-31,35H2,1-2H3,(H,36,38)(H,39,40)/b16-15-,27-25+. The quantitative estimate of drug-likeness (QED) is 0.0332. The average molecular weight is 631 g/mol. The lowest BCUT2D eigenvalue weighted by atomic mass is 10.1. The third-order valence-corrected chi connectivity index (χ3v) is 8.51. The van der Waals surface area contributed by atoms with Crippen LogP contribution in [0.3, 0.4) is 0 Å². The van der Waals surface area contributed by atoms with Gasteiger partial charge in [0.15, 0.2) is 0 Å². The van der Waals surface area contributed by atoms with Crippen LogP contribution in [0.5, 0.6) is 0 Å². The molecule has 0 aliphatic rings. The molecule has 0 rings (SSSR count). The van der Waals surface area contributed by atoms with Crippen molar-refractivity contribution >= 4 is 13.7 Å². The summed E-state index contributed by atoms with van der Waals surface area (Å²) < 4.78 is 21.9. The minimum absolute atomic E-state index is 0.0774. The maximum atomic E-state index is 12.6. The molecule has 3 unspecified atom stereocenters. The van der Waals surface area contributed by atoms with Crippen LogP contribution < -0.4 is 11.1 Å². The Morgan fingerprint density at radius 3 is 1.72 bits per heavy atom. The summed E-state index contributed by atoms with van der Waals surface area (Å²) in [6.45, 7) is 4.07. The van der Waals surface area contributed by atoms with Crippen LogP contribution >= 0.6 is 7.82 Å². The van der Waals surface area contributed by atoms with Crippen molar-refractivity contribution < 1.29 is 28.4 Å². The monoisotopic (exact) mass is 630 g/mol. The van der Waals surface area contributed by atoms with Crippen molar-refractivity contribution in [2.24, 2.45) is 5.73 Å². The van der Waals surface area contributed by atoms with Gasteiger partial charge in [-0.15, -0.1) is 0 Å². The highest BCUT2D eigenvalue weighted by molar-refractivity contribution is 7.47. The van der Waals surface area contributed by atoms with Crippen LogP contribution in [0.2, 0.25) is 0 Å². The van der Waals surface area contributed by atoms with Gasteiger partial charge in [-0.05, 0) is 44.9 Å². The van der Waals surface area contributed by atoms with Gasteiger partial charge in [0.1, 0.15) is 0 Å². The maximum absolute atomic E-state index is 12.6. The van der Waals surface area contributed by atoms with Gasteiger partial charge in [-0.25, -0.2) is 4.57 Å². The van der Waals surface area contributed by atoms with Crippen LogP contribution in [0, 0.1) is 0 Å². The van der Waals surface area contributed by atoms with E-state index in [0.717, 1.165) is 51.4 Å². The second kappa shape index (κ2) is 31.0. The molecule has 0 radical (unpaired) electrons. The number of rotatable bonds is 32. The number of phosphoric acid groups is 1. The van der Waals surface area contributed by atoms with E-state index in [9.17, 15) is 19.4 Å². The fraction of sp³-hybridized carbons (Fsp3) is 0.853. The summed E-state index contributed by atoms with van der Waals surface area (Å²) in [6.07, 6.45) is 32.2. The van der Waals surface area contributed by atoms with Crippen LogP contribution in [-0.4, -0.2) is 47.8 Å². The third-order valence-electron chi connectivity index (χ3n) is 7.52. The largest absolute Gasteiger partial charge is 0.472 e. The van der Waals surface area contributed by atoms with E-state index in [4.69, 9.17) is 14.8 Å². The predicted octanol–water partition coefficient (Wildman–Crippen LogP) is 8.66. The minimum atomic E-state index is -4.32. The number of carbonyl (C=O) groups is 1. The molecule has 0 spiro atoms. The van der Waals surface area contributed by atoms with Crippen LogP contribution in [0.25, 0.3) is 0 Å². The minimum Gasteiger partial charge on any atom is -0.387 e. The van der Waals surface area contributed by atoms with Gasteiger partial charge in [0.05, 0.1) is 25.4 Å². The molecule has 0 bridgehead atoms. The average Bonchev–Trinajstić information content (AvgIpc) is 2.99. The molecule has 9 heteroatoms. The van der Waals surface area contributed by atoms with Crippen molar-refractivity contribution in [3.05, 3.63) is 24.3 Å². The topological polar surface area (TPSA) is 131 Å². The first kappa shape index (κ1) is 42.0. The molecule has 0 saturated carbocycles. The molecule has 254 valence electrons. The lowest BCUT2D eigenvalue weighted by molar-refractivity contribution is -0.123. The molecular weight excluding hydrogens is 563 g/mol. The molecule has 0 aliphatic heterocycles. The number of unbranched alkanes of at least 4 members (excludes halogenated alkanes) is 18. The predicted molar refractivity (Wildman–Crippen MR) is 180 cm³/mol. The summed E-state index contributed by atoms with van der Waals surface area (Å²) in [6, 6.07) is -0.858. The summed E-state index contributed by atoms with van der Waals surface area (Å²) >= 11 is 0. The first-order valence-electron chi connectivity index (χ1n) is 17.5. The Morgan fingerprint density at radius 2 is 1.21 bits per heavy atom. The Morgan fingerprint density at radius 1 is 0.744 bits per heavy atom. The number of nitrogens with one attached hydrogen (secondary N) is 1. The number of allylic oxidation sites excluding steroid dienone is 3. The SMILES string of the molecule is CCCCCCCC/C=C\CCCCCCCC(=O)NC(COP(=O)(O)OCCN)C(O)/C=C/CCCCCCCCC. The van der Waals surface area contributed by atoms with Gasteiger partial charge in [-0.2, -0.15) is 0 Å². The zero-order chi connectivity index (χ0) is 31.9. The Bertz CT molecular complexity index is 734. The molecule has 43 heavy (non-hydrogen) atoms. The fourth-order valence-electron chi connectivity index (χ4n) is 4.83. The van der Waals surface area contributed by atoms with Crippen LogP contribution in [0.1, 0.15) is 155 Å². The maximum Gasteiger partial charge on any atom is 0.472 e. The highest BCUT2D eigenvalue weighted by Gasteiger charge is 2.26.